The number of halogens is 1. The van der Waals surface area contributed by atoms with E-state index in [0.717, 1.165) is 12.8 Å². The summed E-state index contributed by atoms with van der Waals surface area (Å²) in [6.07, 6.45) is 4.55. The Morgan fingerprint density at radius 3 is 2.56 bits per heavy atom. The highest BCUT2D eigenvalue weighted by atomic mass is 35.7. The largest absolute Gasteiger partial charge is 0.271 e. The number of aromatic nitrogens is 2. The van der Waals surface area contributed by atoms with Gasteiger partial charge in [-0.2, -0.15) is 5.10 Å². The van der Waals surface area contributed by atoms with Crippen molar-refractivity contribution in [3.8, 4) is 0 Å². The van der Waals surface area contributed by atoms with Crippen LogP contribution < -0.4 is 0 Å². The van der Waals surface area contributed by atoms with Crippen molar-refractivity contribution in [2.45, 2.75) is 24.3 Å². The Balaban J connectivity index is 1.90. The van der Waals surface area contributed by atoms with Gasteiger partial charge in [-0.05, 0) is 18.4 Å². The second kappa shape index (κ2) is 5.54. The molecule has 6 heteroatoms. The molecule has 4 nitrogen and oxygen atoms in total. The number of nitrogens with zero attached hydrogens (tertiary/aromatic N) is 2. The molecule has 2 aromatic rings. The van der Waals surface area contributed by atoms with Crippen LogP contribution in [0.15, 0.2) is 47.6 Å². The second-order valence-corrected chi connectivity index (χ2v) is 6.53. The topological polar surface area (TPSA) is 52.0 Å². The third-order valence-corrected chi connectivity index (χ3v) is 3.89. The van der Waals surface area contributed by atoms with Crippen molar-refractivity contribution in [1.29, 1.82) is 0 Å². The van der Waals surface area contributed by atoms with Crippen LogP contribution in [0.2, 0.25) is 0 Å². The van der Waals surface area contributed by atoms with Gasteiger partial charge in [0.05, 0.1) is 6.20 Å². The number of rotatable bonds is 5. The van der Waals surface area contributed by atoms with Crippen molar-refractivity contribution in [1.82, 2.24) is 9.78 Å². The average Bonchev–Trinajstić information content (AvgIpc) is 2.79. The van der Waals surface area contributed by atoms with Crippen molar-refractivity contribution < 1.29 is 8.42 Å². The van der Waals surface area contributed by atoms with E-state index in [9.17, 15) is 8.42 Å². The first-order valence-electron chi connectivity index (χ1n) is 5.57. The molecule has 18 heavy (non-hydrogen) atoms. The summed E-state index contributed by atoms with van der Waals surface area (Å²) >= 11 is 0. The van der Waals surface area contributed by atoms with Gasteiger partial charge in [0.1, 0.15) is 4.90 Å². The molecule has 0 amide bonds. The van der Waals surface area contributed by atoms with E-state index in [-0.39, 0.29) is 4.90 Å². The van der Waals surface area contributed by atoms with Crippen LogP contribution in [-0.2, 0) is 22.0 Å². The van der Waals surface area contributed by atoms with Crippen LogP contribution in [0.1, 0.15) is 12.0 Å². The number of benzene rings is 1. The number of aryl methyl sites for hydroxylation is 2. The second-order valence-electron chi connectivity index (χ2n) is 3.97. The van der Waals surface area contributed by atoms with Crippen LogP contribution in [-0.4, -0.2) is 18.2 Å². The summed E-state index contributed by atoms with van der Waals surface area (Å²) in [5.41, 5.74) is 1.26. The predicted octanol–water partition coefficient (Wildman–Crippen LogP) is 2.44. The van der Waals surface area contributed by atoms with E-state index in [4.69, 9.17) is 10.7 Å². The first-order valence-corrected chi connectivity index (χ1v) is 7.88. The van der Waals surface area contributed by atoms with Gasteiger partial charge < -0.3 is 0 Å². The molecular formula is C12H13ClN2O2S. The minimum Gasteiger partial charge on any atom is -0.271 e. The standard InChI is InChI=1S/C12H13ClN2O2S/c13-18(16,17)12-9-14-15(10-12)8-4-7-11-5-2-1-3-6-11/h1-3,5-6,9-10H,4,7-8H2. The van der Waals surface area contributed by atoms with Gasteiger partial charge >= 0.3 is 0 Å². The van der Waals surface area contributed by atoms with Crippen molar-refractivity contribution in [3.05, 3.63) is 48.3 Å². The Labute approximate surface area is 111 Å². The number of hydrogen-bond acceptors (Lipinski definition) is 3. The normalized spacial score (nSPS) is 11.6. The van der Waals surface area contributed by atoms with Gasteiger partial charge in [0.2, 0.25) is 0 Å². The lowest BCUT2D eigenvalue weighted by Crippen LogP contribution is -2.00. The lowest BCUT2D eigenvalue weighted by atomic mass is 10.1. The molecule has 0 aliphatic rings. The van der Waals surface area contributed by atoms with Crippen LogP contribution in [0.4, 0.5) is 0 Å². The smallest absolute Gasteiger partial charge is 0.264 e. The summed E-state index contributed by atoms with van der Waals surface area (Å²) in [7, 11) is 1.55. The summed E-state index contributed by atoms with van der Waals surface area (Å²) in [5, 5.41) is 3.97. The van der Waals surface area contributed by atoms with E-state index in [1.165, 1.54) is 18.0 Å². The lowest BCUT2D eigenvalue weighted by molar-refractivity contribution is 0.577. The minimum atomic E-state index is -3.67. The molecule has 2 rings (SSSR count). The summed E-state index contributed by atoms with van der Waals surface area (Å²) in [4.78, 5) is 0.0453. The maximum atomic E-state index is 11.1. The molecule has 0 unspecified atom stereocenters. The van der Waals surface area contributed by atoms with Gasteiger partial charge in [-0.15, -0.1) is 0 Å². The molecule has 0 bridgehead atoms. The predicted molar refractivity (Wildman–Crippen MR) is 70.0 cm³/mol. The van der Waals surface area contributed by atoms with E-state index < -0.39 is 9.05 Å². The zero-order chi connectivity index (χ0) is 13.0. The molecule has 0 N–H and O–H groups in total. The highest BCUT2D eigenvalue weighted by Crippen LogP contribution is 2.13. The molecule has 1 heterocycles. The SMILES string of the molecule is O=S(=O)(Cl)c1cnn(CCCc2ccccc2)c1. The summed E-state index contributed by atoms with van der Waals surface area (Å²) < 4.78 is 23.7. The molecule has 0 aliphatic heterocycles. The zero-order valence-electron chi connectivity index (χ0n) is 9.66. The van der Waals surface area contributed by atoms with Gasteiger partial charge in [0.25, 0.3) is 9.05 Å². The van der Waals surface area contributed by atoms with Crippen molar-refractivity contribution in [2.75, 3.05) is 0 Å². The van der Waals surface area contributed by atoms with Gasteiger partial charge in [-0.1, -0.05) is 30.3 Å². The van der Waals surface area contributed by atoms with Gasteiger partial charge in [0.15, 0.2) is 0 Å². The molecular weight excluding hydrogens is 272 g/mol. The van der Waals surface area contributed by atoms with E-state index in [1.54, 1.807) is 4.68 Å². The first-order chi connectivity index (χ1) is 8.55. The Morgan fingerprint density at radius 2 is 1.94 bits per heavy atom. The highest BCUT2D eigenvalue weighted by Gasteiger charge is 2.12. The van der Waals surface area contributed by atoms with E-state index >= 15 is 0 Å². The van der Waals surface area contributed by atoms with Crippen LogP contribution >= 0.6 is 10.7 Å². The molecule has 0 saturated heterocycles. The van der Waals surface area contributed by atoms with Crippen molar-refractivity contribution >= 4 is 19.7 Å². The van der Waals surface area contributed by atoms with Crippen molar-refractivity contribution in [2.24, 2.45) is 0 Å². The molecule has 96 valence electrons. The van der Waals surface area contributed by atoms with E-state index in [0.29, 0.717) is 6.54 Å². The van der Waals surface area contributed by atoms with Crippen LogP contribution in [0.25, 0.3) is 0 Å². The Morgan fingerprint density at radius 1 is 1.22 bits per heavy atom. The summed E-state index contributed by atoms with van der Waals surface area (Å²) in [6.45, 7) is 0.668. The Kier molecular flexibility index (Phi) is 4.04. The molecule has 0 radical (unpaired) electrons. The average molecular weight is 285 g/mol. The summed E-state index contributed by atoms with van der Waals surface area (Å²) in [6, 6.07) is 10.1. The lowest BCUT2D eigenvalue weighted by Gasteiger charge is -2.01. The monoisotopic (exact) mass is 284 g/mol. The Hall–Kier alpha value is -1.33. The first kappa shape index (κ1) is 13.1. The van der Waals surface area contributed by atoms with E-state index in [1.807, 2.05) is 18.2 Å². The molecule has 1 aromatic heterocycles. The Bertz CT molecular complexity index is 608. The fraction of sp³-hybridized carbons (Fsp3) is 0.250. The fourth-order valence-electron chi connectivity index (χ4n) is 1.68. The molecule has 0 fully saturated rings. The highest BCUT2D eigenvalue weighted by molar-refractivity contribution is 8.13. The molecule has 1 aromatic carbocycles. The maximum Gasteiger partial charge on any atom is 0.264 e. The van der Waals surface area contributed by atoms with Gasteiger partial charge in [0, 0.05) is 23.4 Å². The fourth-order valence-corrected chi connectivity index (χ4v) is 2.34. The third-order valence-electron chi connectivity index (χ3n) is 2.59. The molecule has 0 atom stereocenters. The molecule has 0 saturated carbocycles. The van der Waals surface area contributed by atoms with Gasteiger partial charge in [-0.3, -0.25) is 4.68 Å². The molecule has 0 spiro atoms. The third kappa shape index (κ3) is 3.58. The zero-order valence-corrected chi connectivity index (χ0v) is 11.2. The number of hydrogen-bond donors (Lipinski definition) is 0. The quantitative estimate of drug-likeness (QED) is 0.793. The van der Waals surface area contributed by atoms with Crippen LogP contribution in [0.5, 0.6) is 0 Å². The summed E-state index contributed by atoms with van der Waals surface area (Å²) in [5.74, 6) is 0. The molecule has 0 aliphatic carbocycles. The van der Waals surface area contributed by atoms with Crippen LogP contribution in [0, 0.1) is 0 Å². The van der Waals surface area contributed by atoms with Crippen LogP contribution in [0.3, 0.4) is 0 Å². The van der Waals surface area contributed by atoms with E-state index in [2.05, 4.69) is 17.2 Å². The maximum absolute atomic E-state index is 11.1. The van der Waals surface area contributed by atoms with Gasteiger partial charge in [-0.25, -0.2) is 8.42 Å². The minimum absolute atomic E-state index is 0.0453. The van der Waals surface area contributed by atoms with Crippen molar-refractivity contribution in [3.63, 3.8) is 0 Å².